The number of phenols is 6. The van der Waals surface area contributed by atoms with E-state index < -0.39 is 94.8 Å². The molecular formula is C37H34KO15+. The Kier molecular flexibility index (Phi) is 13.2. The van der Waals surface area contributed by atoms with Crippen LogP contribution in [0.5, 0.6) is 34.5 Å². The summed E-state index contributed by atoms with van der Waals surface area (Å²) >= 11 is 0. The molecule has 272 valence electrons. The van der Waals surface area contributed by atoms with Gasteiger partial charge in [-0.15, -0.1) is 0 Å². The second kappa shape index (κ2) is 17.2. The Balaban J connectivity index is 0.00000627. The molecule has 0 radical (unpaired) electrons. The summed E-state index contributed by atoms with van der Waals surface area (Å²) in [6.07, 6.45) is -0.394. The van der Waals surface area contributed by atoms with Crippen molar-refractivity contribution in [3.63, 3.8) is 0 Å². The van der Waals surface area contributed by atoms with Gasteiger partial charge in [-0.25, -0.2) is 14.4 Å². The molecule has 0 amide bonds. The zero-order valence-corrected chi connectivity index (χ0v) is 31.2. The molecule has 1 unspecified atom stereocenters. The summed E-state index contributed by atoms with van der Waals surface area (Å²) < 4.78 is 10.7. The molecule has 15 nitrogen and oxygen atoms in total. The van der Waals surface area contributed by atoms with Crippen LogP contribution in [0.25, 0.3) is 0 Å². The molecule has 0 spiro atoms. The number of phenolic OH excluding ortho intramolecular Hbond substituents is 6. The van der Waals surface area contributed by atoms with Gasteiger partial charge in [0.1, 0.15) is 5.76 Å². The van der Waals surface area contributed by atoms with Crippen LogP contribution in [0.4, 0.5) is 0 Å². The van der Waals surface area contributed by atoms with E-state index in [-0.39, 0.29) is 93.1 Å². The van der Waals surface area contributed by atoms with Crippen LogP contribution in [0.15, 0.2) is 89.7 Å². The fourth-order valence-corrected chi connectivity index (χ4v) is 6.38. The van der Waals surface area contributed by atoms with Gasteiger partial charge in [-0.3, -0.25) is 4.79 Å². The Morgan fingerprint density at radius 3 is 1.72 bits per heavy atom. The summed E-state index contributed by atoms with van der Waals surface area (Å²) in [5.41, 5.74) is 1.37. The maximum absolute atomic E-state index is 14.1. The number of benzene rings is 3. The van der Waals surface area contributed by atoms with Crippen molar-refractivity contribution in [3.8, 4) is 34.5 Å². The Morgan fingerprint density at radius 2 is 1.21 bits per heavy atom. The Hall–Kier alpha value is -5.00. The van der Waals surface area contributed by atoms with Gasteiger partial charge in [-0.05, 0) is 83.2 Å². The molecule has 3 aromatic rings. The molecule has 0 heterocycles. The van der Waals surface area contributed by atoms with Gasteiger partial charge < -0.3 is 55.4 Å². The molecule has 0 bridgehead atoms. The quantitative estimate of drug-likeness (QED) is 0.0536. The maximum Gasteiger partial charge on any atom is 1.00 e. The second-order valence-corrected chi connectivity index (χ2v) is 12.3. The molecule has 0 saturated heterocycles. The Bertz CT molecular complexity index is 2020. The van der Waals surface area contributed by atoms with E-state index in [1.807, 2.05) is 0 Å². The van der Waals surface area contributed by atoms with E-state index in [9.17, 15) is 65.1 Å². The van der Waals surface area contributed by atoms with E-state index in [1.165, 1.54) is 42.5 Å². The number of hydrogen-bond acceptors (Lipinski definition) is 13. The summed E-state index contributed by atoms with van der Waals surface area (Å²) in [4.78, 5) is 51.1. The molecule has 0 fully saturated rings. The first-order valence-corrected chi connectivity index (χ1v) is 15.8. The largest absolute Gasteiger partial charge is 1.00 e. The van der Waals surface area contributed by atoms with E-state index in [0.717, 1.165) is 30.3 Å². The third-order valence-corrected chi connectivity index (χ3v) is 8.92. The van der Waals surface area contributed by atoms with Crippen LogP contribution in [0.1, 0.15) is 35.4 Å². The third-order valence-electron chi connectivity index (χ3n) is 8.92. The van der Waals surface area contributed by atoms with Crippen molar-refractivity contribution in [3.05, 3.63) is 106 Å². The molecule has 16 heteroatoms. The van der Waals surface area contributed by atoms with Crippen LogP contribution < -0.4 is 51.4 Å². The van der Waals surface area contributed by atoms with Crippen molar-refractivity contribution >= 4 is 23.9 Å². The van der Waals surface area contributed by atoms with Crippen molar-refractivity contribution in [2.45, 2.75) is 43.8 Å². The van der Waals surface area contributed by atoms with Crippen molar-refractivity contribution in [2.75, 3.05) is 0 Å². The average molecular weight is 758 g/mol. The molecule has 5 atom stereocenters. The third kappa shape index (κ3) is 9.52. The van der Waals surface area contributed by atoms with Crippen molar-refractivity contribution in [2.24, 2.45) is 11.8 Å². The Morgan fingerprint density at radius 1 is 0.698 bits per heavy atom. The minimum absolute atomic E-state index is 0. The number of ether oxygens (including phenoxy) is 2. The molecule has 2 aliphatic carbocycles. The predicted molar refractivity (Wildman–Crippen MR) is 178 cm³/mol. The van der Waals surface area contributed by atoms with Crippen molar-refractivity contribution in [1.82, 2.24) is 0 Å². The van der Waals surface area contributed by atoms with E-state index in [2.05, 4.69) is 0 Å². The van der Waals surface area contributed by atoms with Gasteiger partial charge in [-0.1, -0.05) is 24.3 Å². The maximum atomic E-state index is 14.1. The number of aliphatic carboxylic acids is 2. The molecule has 2 aliphatic rings. The minimum Gasteiger partial charge on any atom is -0.508 e. The summed E-state index contributed by atoms with van der Waals surface area (Å²) in [7, 11) is 0. The van der Waals surface area contributed by atoms with Gasteiger partial charge in [0.25, 0.3) is 0 Å². The van der Waals surface area contributed by atoms with Gasteiger partial charge in [0.15, 0.2) is 34.5 Å². The number of allylic oxidation sites excluding steroid dienone is 3. The van der Waals surface area contributed by atoms with Crippen LogP contribution >= 0.6 is 0 Å². The number of aromatic hydroxyl groups is 6. The molecule has 0 saturated carbocycles. The van der Waals surface area contributed by atoms with Crippen molar-refractivity contribution in [1.29, 1.82) is 0 Å². The van der Waals surface area contributed by atoms with Crippen LogP contribution in [0.2, 0.25) is 0 Å². The molecule has 5 rings (SSSR count). The number of aliphatic hydroxyl groups is 1. The fourth-order valence-electron chi connectivity index (χ4n) is 6.38. The predicted octanol–water partition coefficient (Wildman–Crippen LogP) is 0.820. The minimum atomic E-state index is -1.77. The first-order valence-electron chi connectivity index (χ1n) is 15.8. The first-order chi connectivity index (χ1) is 24.6. The van der Waals surface area contributed by atoms with Gasteiger partial charge in [-0.2, -0.15) is 0 Å². The molecule has 9 N–H and O–H groups in total. The number of hydrogen-bond donors (Lipinski definition) is 9. The summed E-state index contributed by atoms with van der Waals surface area (Å²) in [5, 5.41) is 89.5. The molecule has 0 aromatic heterocycles. The van der Waals surface area contributed by atoms with E-state index >= 15 is 0 Å². The average Bonchev–Trinajstić information content (AvgIpc) is 3.50. The standard InChI is InChI=1S/C37H34O15.K/c38-23-8-3-19(5-10-32(45)51-30(35(46)47)13-17-1-6-24(39)27(42)11-17)33-22(23)16-21(20-4-9-26(41)29(44)15-20)34(33)37(50)52-31(36(48)49)14-18-2-7-25(40)28(43)12-18;/h1-2,4-12,15,19,21,30-31,34,38-44H,3,13-14,16H2,(H,46,47)(H,48,49);/q;+1/b10-5+;/t19?,21-,30+,31-,34-;/m1./s1. The number of rotatable bonds is 12. The zero-order valence-electron chi connectivity index (χ0n) is 28.1. The normalized spacial score (nSPS) is 19.0. The summed E-state index contributed by atoms with van der Waals surface area (Å²) in [5.74, 6) is -11.0. The van der Waals surface area contributed by atoms with Gasteiger partial charge in [0, 0.05) is 30.8 Å². The number of carboxylic acids is 2. The fraction of sp³-hybridized carbons (Fsp3) is 0.243. The van der Waals surface area contributed by atoms with Crippen LogP contribution in [0, 0.1) is 11.8 Å². The zero-order chi connectivity index (χ0) is 37.9. The van der Waals surface area contributed by atoms with E-state index in [0.29, 0.717) is 11.1 Å². The van der Waals surface area contributed by atoms with Gasteiger partial charge in [0.2, 0.25) is 12.2 Å². The van der Waals surface area contributed by atoms with Gasteiger partial charge in [0.05, 0.1) is 5.92 Å². The SMILES string of the molecule is O=C(/C=C/C1CC=C(O)C2=C1[C@H](C(=O)O[C@H](Cc1ccc(O)c(O)c1)C(=O)O)[C@@H](c1ccc(O)c(O)c1)C2)O[C@@H](Cc1ccc(O)c(O)c1)C(=O)O.[K+]. The molecule has 3 aromatic carbocycles. The van der Waals surface area contributed by atoms with Gasteiger partial charge >= 0.3 is 75.3 Å². The molecule has 0 aliphatic heterocycles. The molecular weight excluding hydrogens is 723 g/mol. The smallest absolute Gasteiger partial charge is 0.508 e. The van der Waals surface area contributed by atoms with Crippen molar-refractivity contribution < 1.29 is 126 Å². The second-order valence-electron chi connectivity index (χ2n) is 12.3. The van der Waals surface area contributed by atoms with Crippen LogP contribution in [-0.2, 0) is 41.5 Å². The number of carboxylic acid groups (broad SMARTS) is 2. The number of aliphatic hydroxyl groups excluding tert-OH is 1. The Labute approximate surface area is 343 Å². The van der Waals surface area contributed by atoms with Crippen LogP contribution in [0.3, 0.4) is 0 Å². The summed E-state index contributed by atoms with van der Waals surface area (Å²) in [6.45, 7) is 0. The van der Waals surface area contributed by atoms with E-state index in [1.54, 1.807) is 0 Å². The number of carbonyl (C=O) groups is 4. The number of esters is 2. The monoisotopic (exact) mass is 757 g/mol. The van der Waals surface area contributed by atoms with E-state index in [4.69, 9.17) is 9.47 Å². The number of carbonyl (C=O) groups excluding carboxylic acids is 2. The van der Waals surface area contributed by atoms with Crippen LogP contribution in [-0.4, -0.2) is 82.0 Å². The summed E-state index contributed by atoms with van der Waals surface area (Å²) in [6, 6.07) is 11.1. The first kappa shape index (κ1) is 40.8. The topological polar surface area (TPSA) is 269 Å². The molecule has 53 heavy (non-hydrogen) atoms.